The molecule has 0 aliphatic rings. The molecule has 0 heterocycles. The molecule has 14 heavy (non-hydrogen) atoms. The maximum absolute atomic E-state index is 11.0. The van der Waals surface area contributed by atoms with E-state index < -0.39 is 5.91 Å². The first-order valence-corrected chi connectivity index (χ1v) is 4.31. The molecule has 0 unspecified atom stereocenters. The van der Waals surface area contributed by atoms with Crippen LogP contribution in [0.5, 0.6) is 0 Å². The number of nitrogens with one attached hydrogen (secondary N) is 1. The predicted molar refractivity (Wildman–Crippen MR) is 53.1 cm³/mol. The average molecular weight is 194 g/mol. The van der Waals surface area contributed by atoms with Crippen molar-refractivity contribution in [3.63, 3.8) is 0 Å². The summed E-state index contributed by atoms with van der Waals surface area (Å²) in [5, 5.41) is 8.40. The summed E-state index contributed by atoms with van der Waals surface area (Å²) in [5.74, 6) is -0.485. The summed E-state index contributed by atoms with van der Waals surface area (Å²) < 4.78 is 0. The van der Waals surface area contributed by atoms with Crippen LogP contribution in [0.4, 0.5) is 0 Å². The highest BCUT2D eigenvalue weighted by molar-refractivity contribution is 5.93. The number of hydrogen-bond donors (Lipinski definition) is 2. The summed E-state index contributed by atoms with van der Waals surface area (Å²) in [7, 11) is 3.96. The van der Waals surface area contributed by atoms with Crippen LogP contribution in [0, 0.1) is 0 Å². The fraction of sp³-hybridized carbons (Fsp3) is 0.300. The topological polar surface area (TPSA) is 52.6 Å². The van der Waals surface area contributed by atoms with E-state index in [-0.39, 0.29) is 0 Å². The van der Waals surface area contributed by atoms with Gasteiger partial charge in [0.1, 0.15) is 0 Å². The minimum atomic E-state index is -0.485. The maximum Gasteiger partial charge on any atom is 0.274 e. The molecule has 0 bridgehead atoms. The third-order valence-corrected chi connectivity index (χ3v) is 1.82. The molecule has 2 N–H and O–H groups in total. The first-order chi connectivity index (χ1) is 6.63. The lowest BCUT2D eigenvalue weighted by atomic mass is 10.1. The van der Waals surface area contributed by atoms with Crippen LogP contribution in [0.15, 0.2) is 24.3 Å². The number of carbonyl (C=O) groups excluding carboxylic acids is 1. The van der Waals surface area contributed by atoms with E-state index in [1.165, 1.54) is 0 Å². The Morgan fingerprint density at radius 2 is 1.93 bits per heavy atom. The summed E-state index contributed by atoms with van der Waals surface area (Å²) in [5.41, 5.74) is 3.18. The second-order valence-corrected chi connectivity index (χ2v) is 3.38. The zero-order valence-electron chi connectivity index (χ0n) is 8.32. The third-order valence-electron chi connectivity index (χ3n) is 1.82. The Bertz CT molecular complexity index is 306. The van der Waals surface area contributed by atoms with E-state index in [0.717, 1.165) is 12.1 Å². The number of amides is 1. The molecule has 0 saturated carbocycles. The quantitative estimate of drug-likeness (QED) is 0.554. The van der Waals surface area contributed by atoms with Crippen molar-refractivity contribution in [3.8, 4) is 0 Å². The van der Waals surface area contributed by atoms with Crippen LogP contribution in [0.3, 0.4) is 0 Å². The fourth-order valence-corrected chi connectivity index (χ4v) is 1.19. The number of rotatable bonds is 3. The molecule has 4 heteroatoms. The Balaban J connectivity index is 2.73. The lowest BCUT2D eigenvalue weighted by molar-refractivity contribution is 0.0706. The highest BCUT2D eigenvalue weighted by Gasteiger charge is 2.03. The van der Waals surface area contributed by atoms with Gasteiger partial charge < -0.3 is 4.90 Å². The van der Waals surface area contributed by atoms with Gasteiger partial charge in [0, 0.05) is 12.1 Å². The predicted octanol–water partition coefficient (Wildman–Crippen LogP) is 0.867. The van der Waals surface area contributed by atoms with Crippen LogP contribution < -0.4 is 5.48 Å². The minimum absolute atomic E-state index is 0.454. The van der Waals surface area contributed by atoms with Crippen LogP contribution in [0.25, 0.3) is 0 Å². The molecule has 0 aromatic heterocycles. The molecular weight excluding hydrogens is 180 g/mol. The zero-order valence-corrected chi connectivity index (χ0v) is 8.32. The normalized spacial score (nSPS) is 10.3. The molecular formula is C10H14N2O2. The van der Waals surface area contributed by atoms with E-state index in [9.17, 15) is 4.79 Å². The van der Waals surface area contributed by atoms with Crippen molar-refractivity contribution in [1.29, 1.82) is 0 Å². The van der Waals surface area contributed by atoms with Gasteiger partial charge in [0.15, 0.2) is 0 Å². The van der Waals surface area contributed by atoms with Crippen molar-refractivity contribution < 1.29 is 10.0 Å². The van der Waals surface area contributed by atoms with E-state index >= 15 is 0 Å². The molecule has 0 aliphatic carbocycles. The van der Waals surface area contributed by atoms with Gasteiger partial charge in [-0.2, -0.15) is 0 Å². The number of hydroxylamine groups is 1. The van der Waals surface area contributed by atoms with Gasteiger partial charge in [-0.1, -0.05) is 12.1 Å². The van der Waals surface area contributed by atoms with Crippen molar-refractivity contribution in [2.75, 3.05) is 14.1 Å². The molecule has 4 nitrogen and oxygen atoms in total. The van der Waals surface area contributed by atoms with Crippen molar-refractivity contribution in [2.24, 2.45) is 0 Å². The SMILES string of the molecule is CN(C)Cc1ccc(C(=O)NO)cc1. The molecule has 0 spiro atoms. The summed E-state index contributed by atoms with van der Waals surface area (Å²) in [6, 6.07) is 7.10. The van der Waals surface area contributed by atoms with Crippen LogP contribution in [-0.4, -0.2) is 30.1 Å². The molecule has 0 radical (unpaired) electrons. The van der Waals surface area contributed by atoms with Gasteiger partial charge in [-0.05, 0) is 31.8 Å². The molecule has 1 aromatic rings. The molecule has 0 fully saturated rings. The van der Waals surface area contributed by atoms with Crippen LogP contribution in [0.2, 0.25) is 0 Å². The Labute approximate surface area is 83.1 Å². The maximum atomic E-state index is 11.0. The third kappa shape index (κ3) is 2.83. The minimum Gasteiger partial charge on any atom is -0.305 e. The number of hydrogen-bond acceptors (Lipinski definition) is 3. The zero-order chi connectivity index (χ0) is 10.6. The largest absolute Gasteiger partial charge is 0.305 e. The van der Waals surface area contributed by atoms with Crippen molar-refractivity contribution in [1.82, 2.24) is 10.4 Å². The second-order valence-electron chi connectivity index (χ2n) is 3.38. The lowest BCUT2D eigenvalue weighted by Crippen LogP contribution is -2.18. The lowest BCUT2D eigenvalue weighted by Gasteiger charge is -2.09. The summed E-state index contributed by atoms with van der Waals surface area (Å²) in [4.78, 5) is 13.0. The van der Waals surface area contributed by atoms with Gasteiger partial charge in [-0.15, -0.1) is 0 Å². The van der Waals surface area contributed by atoms with Crippen molar-refractivity contribution in [3.05, 3.63) is 35.4 Å². The summed E-state index contributed by atoms with van der Waals surface area (Å²) in [6.07, 6.45) is 0. The Morgan fingerprint density at radius 3 is 2.36 bits per heavy atom. The monoisotopic (exact) mass is 194 g/mol. The summed E-state index contributed by atoms with van der Waals surface area (Å²) in [6.45, 7) is 0.834. The molecule has 1 aromatic carbocycles. The molecule has 0 aliphatic heterocycles. The average Bonchev–Trinajstić information content (AvgIpc) is 2.17. The fourth-order valence-electron chi connectivity index (χ4n) is 1.19. The Kier molecular flexibility index (Phi) is 3.62. The van der Waals surface area contributed by atoms with E-state index in [1.807, 2.05) is 31.1 Å². The van der Waals surface area contributed by atoms with Gasteiger partial charge in [-0.25, -0.2) is 5.48 Å². The smallest absolute Gasteiger partial charge is 0.274 e. The molecule has 0 saturated heterocycles. The van der Waals surface area contributed by atoms with Crippen LogP contribution >= 0.6 is 0 Å². The van der Waals surface area contributed by atoms with E-state index in [1.54, 1.807) is 17.6 Å². The van der Waals surface area contributed by atoms with Crippen molar-refractivity contribution in [2.45, 2.75) is 6.54 Å². The number of nitrogens with zero attached hydrogens (tertiary/aromatic N) is 1. The summed E-state index contributed by atoms with van der Waals surface area (Å²) >= 11 is 0. The molecule has 0 atom stereocenters. The highest BCUT2D eigenvalue weighted by Crippen LogP contribution is 2.05. The second kappa shape index (κ2) is 4.74. The van der Waals surface area contributed by atoms with Gasteiger partial charge >= 0.3 is 0 Å². The molecule has 1 rings (SSSR count). The van der Waals surface area contributed by atoms with Gasteiger partial charge in [0.25, 0.3) is 5.91 Å². The first-order valence-electron chi connectivity index (χ1n) is 4.31. The Morgan fingerprint density at radius 1 is 1.36 bits per heavy atom. The van der Waals surface area contributed by atoms with E-state index in [0.29, 0.717) is 5.56 Å². The standard InChI is InChI=1S/C10H14N2O2/c1-12(2)7-8-3-5-9(6-4-8)10(13)11-14/h3-6,14H,7H2,1-2H3,(H,11,13). The molecule has 1 amide bonds. The van der Waals surface area contributed by atoms with E-state index in [4.69, 9.17) is 5.21 Å². The first kappa shape index (κ1) is 10.7. The van der Waals surface area contributed by atoms with Crippen LogP contribution in [-0.2, 0) is 6.54 Å². The van der Waals surface area contributed by atoms with Crippen LogP contribution in [0.1, 0.15) is 15.9 Å². The van der Waals surface area contributed by atoms with Gasteiger partial charge in [0.2, 0.25) is 0 Å². The highest BCUT2D eigenvalue weighted by atomic mass is 16.5. The van der Waals surface area contributed by atoms with Gasteiger partial charge in [-0.3, -0.25) is 10.0 Å². The van der Waals surface area contributed by atoms with E-state index in [2.05, 4.69) is 0 Å². The Hall–Kier alpha value is -1.39. The number of benzene rings is 1. The molecule has 76 valence electrons. The van der Waals surface area contributed by atoms with Crippen molar-refractivity contribution >= 4 is 5.91 Å². The van der Waals surface area contributed by atoms with Gasteiger partial charge in [0.05, 0.1) is 0 Å². The number of carbonyl (C=O) groups is 1.